The lowest BCUT2D eigenvalue weighted by molar-refractivity contribution is 0.659. The molecule has 0 atom stereocenters. The first-order chi connectivity index (χ1) is 57.0. The summed E-state index contributed by atoms with van der Waals surface area (Å²) >= 11 is 0. The molecule has 4 nitrogen and oxygen atoms in total. The van der Waals surface area contributed by atoms with E-state index in [1.165, 1.54) is 134 Å². The van der Waals surface area contributed by atoms with Gasteiger partial charge in [-0.2, -0.15) is 0 Å². The Labute approximate surface area is 695 Å². The molecule has 6 aliphatic rings. The topological polar surface area (TPSA) is 13.0 Å². The van der Waals surface area contributed by atoms with E-state index >= 15 is 0 Å². The number of hydrogen-bond donors (Lipinski definition) is 0. The van der Waals surface area contributed by atoms with Gasteiger partial charge < -0.3 is 19.6 Å². The zero-order chi connectivity index (χ0) is 80.3. The average Bonchev–Trinajstić information content (AvgIpc) is 1.60. The lowest BCUT2D eigenvalue weighted by atomic mass is 9.82. The molecule has 0 aromatic heterocycles. The fourth-order valence-corrected chi connectivity index (χ4v) is 21.9. The summed E-state index contributed by atoms with van der Waals surface area (Å²) < 4.78 is 0. The summed E-state index contributed by atoms with van der Waals surface area (Å²) in [6.07, 6.45) is 0. The highest BCUT2D eigenvalue weighted by Gasteiger charge is 2.43. The zero-order valence-corrected chi connectivity index (χ0v) is 69.3. The predicted molar refractivity (Wildman–Crippen MR) is 496 cm³/mol. The normalized spacial score (nSPS) is 15.5. The Morgan fingerprint density at radius 1 is 0.127 bits per heavy atom. The first-order valence-electron chi connectivity index (χ1n) is 42.1. The molecule has 0 aliphatic heterocycles. The lowest BCUT2D eigenvalue weighted by Crippen LogP contribution is -2.18. The first-order valence-corrected chi connectivity index (χ1v) is 42.1. The zero-order valence-electron chi connectivity index (χ0n) is 69.3. The molecule has 0 spiro atoms. The van der Waals surface area contributed by atoms with E-state index in [2.05, 4.69) is 455 Å². The molecule has 0 radical (unpaired) electrons. The maximum atomic E-state index is 2.49. The molecule has 4 heteroatoms. The summed E-state index contributed by atoms with van der Waals surface area (Å²) in [5, 5.41) is 0. The summed E-state index contributed by atoms with van der Waals surface area (Å²) in [7, 11) is 0. The number of nitrogens with zero attached hydrogens (tertiary/aromatic N) is 4. The van der Waals surface area contributed by atoms with Gasteiger partial charge in [0.2, 0.25) is 0 Å². The van der Waals surface area contributed by atoms with Gasteiger partial charge in [-0.1, -0.05) is 289 Å². The second kappa shape index (κ2) is 25.6. The smallest absolute Gasteiger partial charge is 0.0465 e. The van der Waals surface area contributed by atoms with E-state index in [-0.39, 0.29) is 32.5 Å². The quantitative estimate of drug-likeness (QED) is 0.114. The van der Waals surface area contributed by atoms with Crippen LogP contribution < -0.4 is 19.6 Å². The van der Waals surface area contributed by atoms with Crippen molar-refractivity contribution in [3.8, 4) is 77.9 Å². The van der Waals surface area contributed by atoms with Crippen molar-refractivity contribution >= 4 is 68.2 Å². The highest BCUT2D eigenvalue weighted by atomic mass is 15.2. The summed E-state index contributed by atoms with van der Waals surface area (Å²) in [5.41, 5.74) is 46.4. The fourth-order valence-electron chi connectivity index (χ4n) is 21.9. The molecule has 6 aliphatic carbocycles. The molecule has 0 N–H and O–H groups in total. The molecule has 0 fully saturated rings. The third kappa shape index (κ3) is 10.5. The molecule has 22 rings (SSSR count). The fraction of sp³-hybridized carbons (Fsp3) is 0.158. The van der Waals surface area contributed by atoms with Gasteiger partial charge in [0.25, 0.3) is 0 Å². The predicted octanol–water partition coefficient (Wildman–Crippen LogP) is 31.1. The minimum absolute atomic E-state index is 0.173. The lowest BCUT2D eigenvalue weighted by Gasteiger charge is -2.31. The van der Waals surface area contributed by atoms with Crippen LogP contribution in [0.15, 0.2) is 352 Å². The third-order valence-electron chi connectivity index (χ3n) is 28.3. The number of fused-ring (bicyclic) bond motifs is 18. The average molecular weight is 1520 g/mol. The molecule has 570 valence electrons. The van der Waals surface area contributed by atoms with E-state index in [0.29, 0.717) is 0 Å². The SMILES string of the molecule is CC1(C)c2ccccc2-c2ccc(N(c3ccc(-c4ccc(N(c5ccc(N(c6ccc7c(c6)C(C)(C)c6ccccc6-7)c6ccc7c(c6)C(C)(C)c6ccccc6-7)cc5)c5ccc6c(c5)C(C)(C)c5ccccc5-6)cc4)cc3)c3ccc(N(c4ccc5c(c4)C(C)(C)c4ccccc4-5)c4ccc5c(c4)C(C)(C)c4ccccc4-5)cc3)cc21. The van der Waals surface area contributed by atoms with E-state index in [1.807, 2.05) is 0 Å². The Balaban J connectivity index is 0.636. The number of hydrogen-bond acceptors (Lipinski definition) is 4. The molecular weight excluding hydrogens is 1430 g/mol. The van der Waals surface area contributed by atoms with Crippen LogP contribution in [0.2, 0.25) is 0 Å². The second-order valence-electron chi connectivity index (χ2n) is 36.9. The monoisotopic (exact) mass is 1520 g/mol. The third-order valence-corrected chi connectivity index (χ3v) is 28.3. The van der Waals surface area contributed by atoms with Crippen LogP contribution in [0.4, 0.5) is 68.2 Å². The van der Waals surface area contributed by atoms with Crippen LogP contribution >= 0.6 is 0 Å². The highest BCUT2D eigenvalue weighted by Crippen LogP contribution is 2.59. The van der Waals surface area contributed by atoms with E-state index in [4.69, 9.17) is 0 Å². The first kappa shape index (κ1) is 71.3. The number of anilines is 12. The van der Waals surface area contributed by atoms with Gasteiger partial charge >= 0.3 is 0 Å². The van der Waals surface area contributed by atoms with Gasteiger partial charge in [0.15, 0.2) is 0 Å². The maximum Gasteiger partial charge on any atom is 0.0465 e. The molecular formula is C114H94N4. The van der Waals surface area contributed by atoms with Gasteiger partial charge in [0, 0.05) is 101 Å². The van der Waals surface area contributed by atoms with Crippen LogP contribution in [0.3, 0.4) is 0 Å². The molecule has 0 amide bonds. The van der Waals surface area contributed by atoms with E-state index < -0.39 is 0 Å². The minimum atomic E-state index is -0.196. The largest absolute Gasteiger partial charge is 0.310 e. The Bertz CT molecular complexity index is 6230. The van der Waals surface area contributed by atoms with Crippen molar-refractivity contribution in [2.45, 2.75) is 116 Å². The van der Waals surface area contributed by atoms with Gasteiger partial charge in [0.1, 0.15) is 0 Å². The Morgan fingerprint density at radius 3 is 0.424 bits per heavy atom. The number of benzene rings is 16. The van der Waals surface area contributed by atoms with Crippen molar-refractivity contribution in [1.82, 2.24) is 0 Å². The van der Waals surface area contributed by atoms with Gasteiger partial charge in [-0.3, -0.25) is 0 Å². The van der Waals surface area contributed by atoms with E-state index in [1.54, 1.807) is 0 Å². The summed E-state index contributed by atoms with van der Waals surface area (Å²) in [4.78, 5) is 9.89. The van der Waals surface area contributed by atoms with Crippen LogP contribution in [-0.4, -0.2) is 0 Å². The molecule has 16 aromatic carbocycles. The van der Waals surface area contributed by atoms with Crippen molar-refractivity contribution in [2.75, 3.05) is 19.6 Å². The minimum Gasteiger partial charge on any atom is -0.310 e. The van der Waals surface area contributed by atoms with Crippen molar-refractivity contribution in [1.29, 1.82) is 0 Å². The molecule has 16 aromatic rings. The van der Waals surface area contributed by atoms with Gasteiger partial charge in [-0.25, -0.2) is 0 Å². The maximum absolute atomic E-state index is 2.49. The van der Waals surface area contributed by atoms with Crippen LogP contribution in [0.5, 0.6) is 0 Å². The summed E-state index contributed by atoms with van der Waals surface area (Å²) in [5.74, 6) is 0. The standard InChI is InChI=1S/C114H94N4/c1-109(2)97-31-19-13-25-85(97)91-59-53-79(65-103(91)109)115(75-45-49-77(50-46-75)117(81-55-61-93-87-27-15-21-33-99(87)111(5,6)105(93)67-81)82-56-62-94-88-28-16-22-34-100(88)112(7,8)106(94)68-82)73-41-37-71(38-42-73)72-39-43-74(44-40-72)116(80-54-60-92-86-26-14-20-32-98(86)110(3,4)104(92)66-80)76-47-51-78(52-48-76)118(83-57-63-95-89-29-17-23-35-101(89)113(9,10)107(95)69-83)84-58-64-96-90-30-18-24-36-102(90)114(11,12)108(96)70-84/h13-70H,1-12H3. The molecule has 0 heterocycles. The van der Waals surface area contributed by atoms with Crippen LogP contribution in [0.1, 0.15) is 150 Å². The highest BCUT2D eigenvalue weighted by molar-refractivity contribution is 5.95. The van der Waals surface area contributed by atoms with Crippen molar-refractivity contribution in [2.24, 2.45) is 0 Å². The van der Waals surface area contributed by atoms with Crippen molar-refractivity contribution in [3.63, 3.8) is 0 Å². The van der Waals surface area contributed by atoms with Gasteiger partial charge in [0.05, 0.1) is 0 Å². The molecule has 0 saturated carbocycles. The van der Waals surface area contributed by atoms with Crippen molar-refractivity contribution < 1.29 is 0 Å². The van der Waals surface area contributed by atoms with Crippen molar-refractivity contribution in [3.05, 3.63) is 419 Å². The van der Waals surface area contributed by atoms with Gasteiger partial charge in [-0.05, 0) is 290 Å². The van der Waals surface area contributed by atoms with Crippen LogP contribution in [0, 0.1) is 0 Å². The van der Waals surface area contributed by atoms with Crippen LogP contribution in [-0.2, 0) is 32.5 Å². The second-order valence-corrected chi connectivity index (χ2v) is 36.9. The summed E-state index contributed by atoms with van der Waals surface area (Å²) in [6.45, 7) is 28.6. The Morgan fingerprint density at radius 2 is 0.254 bits per heavy atom. The summed E-state index contributed by atoms with van der Waals surface area (Å²) in [6, 6.07) is 134. The molecule has 118 heavy (non-hydrogen) atoms. The van der Waals surface area contributed by atoms with E-state index in [0.717, 1.165) is 79.4 Å². The molecule has 0 saturated heterocycles. The number of rotatable bonds is 13. The van der Waals surface area contributed by atoms with Gasteiger partial charge in [-0.15, -0.1) is 0 Å². The van der Waals surface area contributed by atoms with Crippen LogP contribution in [0.25, 0.3) is 77.9 Å². The molecule has 0 bridgehead atoms. The Kier molecular flexibility index (Phi) is 15.5. The Hall–Kier alpha value is -13.3. The van der Waals surface area contributed by atoms with E-state index in [9.17, 15) is 0 Å². The molecule has 0 unspecified atom stereocenters.